The second-order valence-corrected chi connectivity index (χ2v) is 3.63. The number of nitrogens with one attached hydrogen (secondary N) is 1. The summed E-state index contributed by atoms with van der Waals surface area (Å²) in [6.45, 7) is 0.509. The molecule has 6 nitrogen and oxygen atoms in total. The van der Waals surface area contributed by atoms with E-state index in [4.69, 9.17) is 14.3 Å². The molecule has 1 N–H and O–H groups in total. The minimum absolute atomic E-state index is 0.509. The Labute approximate surface area is 105 Å². The molecule has 1 amide bonds. The van der Waals surface area contributed by atoms with Crippen molar-refractivity contribution in [3.63, 3.8) is 0 Å². The van der Waals surface area contributed by atoms with Crippen molar-refractivity contribution >= 4 is 11.8 Å². The quantitative estimate of drug-likeness (QED) is 0.638. The molecule has 6 heteroatoms. The van der Waals surface area contributed by atoms with Gasteiger partial charge in [0.05, 0.1) is 19.4 Å². The molecule has 1 heterocycles. The average molecular weight is 250 g/mol. The lowest BCUT2D eigenvalue weighted by Crippen LogP contribution is -2.20. The van der Waals surface area contributed by atoms with E-state index in [1.165, 1.54) is 7.05 Å². The zero-order valence-corrected chi connectivity index (χ0v) is 10.2. The zero-order valence-electron chi connectivity index (χ0n) is 10.2. The van der Waals surface area contributed by atoms with Gasteiger partial charge in [-0.2, -0.15) is 0 Å². The smallest absolute Gasteiger partial charge is 0.433 e. The topological polar surface area (TPSA) is 69.2 Å². The van der Waals surface area contributed by atoms with Crippen molar-refractivity contribution in [2.24, 2.45) is 5.16 Å². The SMILES string of the molecule is CNC(=O)ON=C1CCOc2ccc(OC)cc21. The van der Waals surface area contributed by atoms with Gasteiger partial charge in [0, 0.05) is 19.0 Å². The van der Waals surface area contributed by atoms with Crippen LogP contribution in [-0.2, 0) is 4.84 Å². The third-order valence-electron chi connectivity index (χ3n) is 2.54. The van der Waals surface area contributed by atoms with Gasteiger partial charge in [-0.05, 0) is 18.2 Å². The number of benzene rings is 1. The molecule has 1 aliphatic heterocycles. The van der Waals surface area contributed by atoms with Crippen LogP contribution < -0.4 is 14.8 Å². The first-order valence-corrected chi connectivity index (χ1v) is 5.51. The number of ether oxygens (including phenoxy) is 2. The highest BCUT2D eigenvalue weighted by molar-refractivity contribution is 6.04. The Morgan fingerprint density at radius 2 is 2.33 bits per heavy atom. The molecule has 2 rings (SSSR count). The van der Waals surface area contributed by atoms with E-state index in [1.54, 1.807) is 19.2 Å². The minimum Gasteiger partial charge on any atom is -0.497 e. The molecule has 0 saturated carbocycles. The summed E-state index contributed by atoms with van der Waals surface area (Å²) in [5, 5.41) is 6.17. The molecule has 0 aromatic heterocycles. The van der Waals surface area contributed by atoms with Crippen molar-refractivity contribution in [2.45, 2.75) is 6.42 Å². The molecule has 18 heavy (non-hydrogen) atoms. The van der Waals surface area contributed by atoms with Crippen LogP contribution in [0.3, 0.4) is 0 Å². The van der Waals surface area contributed by atoms with Crippen LogP contribution in [0, 0.1) is 0 Å². The first-order valence-electron chi connectivity index (χ1n) is 5.51. The van der Waals surface area contributed by atoms with Crippen molar-refractivity contribution in [3.05, 3.63) is 23.8 Å². The van der Waals surface area contributed by atoms with Gasteiger partial charge in [-0.3, -0.25) is 4.84 Å². The molecule has 0 radical (unpaired) electrons. The van der Waals surface area contributed by atoms with Gasteiger partial charge >= 0.3 is 6.09 Å². The van der Waals surface area contributed by atoms with Crippen LogP contribution in [0.5, 0.6) is 11.5 Å². The minimum atomic E-state index is -0.599. The lowest BCUT2D eigenvalue weighted by Gasteiger charge is -2.18. The number of carbonyl (C=O) groups is 1. The van der Waals surface area contributed by atoms with Crippen molar-refractivity contribution < 1.29 is 19.1 Å². The van der Waals surface area contributed by atoms with Crippen LogP contribution in [0.4, 0.5) is 4.79 Å². The van der Waals surface area contributed by atoms with E-state index in [1.807, 2.05) is 6.07 Å². The Morgan fingerprint density at radius 1 is 1.50 bits per heavy atom. The number of carbonyl (C=O) groups excluding carboxylic acids is 1. The van der Waals surface area contributed by atoms with Gasteiger partial charge in [-0.1, -0.05) is 5.16 Å². The van der Waals surface area contributed by atoms with Crippen LogP contribution in [0.1, 0.15) is 12.0 Å². The summed E-state index contributed by atoms with van der Waals surface area (Å²) in [6, 6.07) is 5.42. The standard InChI is InChI=1S/C12H14N2O4/c1-13-12(15)18-14-10-5-6-17-11-4-3-8(16-2)7-9(10)11/h3-4,7H,5-6H2,1-2H3,(H,13,15). The molecule has 96 valence electrons. The lowest BCUT2D eigenvalue weighted by atomic mass is 10.0. The summed E-state index contributed by atoms with van der Waals surface area (Å²) in [5.74, 6) is 1.41. The normalized spacial score (nSPS) is 15.6. The molecule has 0 saturated heterocycles. The maximum absolute atomic E-state index is 11.0. The number of hydrogen-bond donors (Lipinski definition) is 1. The predicted molar refractivity (Wildman–Crippen MR) is 65.2 cm³/mol. The summed E-state index contributed by atoms with van der Waals surface area (Å²) in [7, 11) is 3.06. The number of oxime groups is 1. The molecule has 0 unspecified atom stereocenters. The van der Waals surface area contributed by atoms with Gasteiger partial charge in [-0.15, -0.1) is 0 Å². The summed E-state index contributed by atoms with van der Waals surface area (Å²) < 4.78 is 10.6. The highest BCUT2D eigenvalue weighted by Gasteiger charge is 2.18. The maximum Gasteiger partial charge on any atom is 0.433 e. The molecule has 0 spiro atoms. The maximum atomic E-state index is 11.0. The largest absolute Gasteiger partial charge is 0.497 e. The number of fused-ring (bicyclic) bond motifs is 1. The van der Waals surface area contributed by atoms with Crippen LogP contribution in [0.15, 0.2) is 23.4 Å². The van der Waals surface area contributed by atoms with Gasteiger partial charge in [0.15, 0.2) is 0 Å². The Kier molecular flexibility index (Phi) is 3.66. The summed E-state index contributed by atoms with van der Waals surface area (Å²) in [4.78, 5) is 15.7. The van der Waals surface area contributed by atoms with E-state index in [9.17, 15) is 4.79 Å². The van der Waals surface area contributed by atoms with Crippen molar-refractivity contribution in [2.75, 3.05) is 20.8 Å². The first kappa shape index (κ1) is 12.2. The Balaban J connectivity index is 2.28. The fourth-order valence-corrected chi connectivity index (χ4v) is 1.62. The van der Waals surface area contributed by atoms with Gasteiger partial charge < -0.3 is 14.8 Å². The average Bonchev–Trinajstić information content (AvgIpc) is 2.43. The first-order chi connectivity index (χ1) is 8.74. The van der Waals surface area contributed by atoms with Crippen molar-refractivity contribution in [3.8, 4) is 11.5 Å². The molecule has 0 atom stereocenters. The second kappa shape index (κ2) is 5.39. The lowest BCUT2D eigenvalue weighted by molar-refractivity contribution is 0.152. The number of rotatable bonds is 2. The molecule has 1 aliphatic rings. The number of amides is 1. The van der Waals surface area contributed by atoms with E-state index in [-0.39, 0.29) is 0 Å². The molecule has 0 bridgehead atoms. The van der Waals surface area contributed by atoms with E-state index in [0.29, 0.717) is 30.2 Å². The highest BCUT2D eigenvalue weighted by atomic mass is 16.7. The van der Waals surface area contributed by atoms with Crippen LogP contribution in [0.25, 0.3) is 0 Å². The Morgan fingerprint density at radius 3 is 3.06 bits per heavy atom. The fourth-order valence-electron chi connectivity index (χ4n) is 1.62. The highest BCUT2D eigenvalue weighted by Crippen LogP contribution is 2.29. The fraction of sp³-hybridized carbons (Fsp3) is 0.333. The van der Waals surface area contributed by atoms with Crippen LogP contribution in [0.2, 0.25) is 0 Å². The molecule has 1 aromatic carbocycles. The van der Waals surface area contributed by atoms with Gasteiger partial charge in [0.2, 0.25) is 0 Å². The number of hydrogen-bond acceptors (Lipinski definition) is 5. The third kappa shape index (κ3) is 2.53. The Hall–Kier alpha value is -2.24. The van der Waals surface area contributed by atoms with Crippen molar-refractivity contribution in [1.29, 1.82) is 0 Å². The van der Waals surface area contributed by atoms with Crippen LogP contribution >= 0.6 is 0 Å². The summed E-state index contributed by atoms with van der Waals surface area (Å²) >= 11 is 0. The van der Waals surface area contributed by atoms with Gasteiger partial charge in [0.1, 0.15) is 11.5 Å². The van der Waals surface area contributed by atoms with Gasteiger partial charge in [-0.25, -0.2) is 4.79 Å². The number of nitrogens with zero attached hydrogens (tertiary/aromatic N) is 1. The third-order valence-corrected chi connectivity index (χ3v) is 2.54. The number of methoxy groups -OCH3 is 1. The van der Waals surface area contributed by atoms with E-state index in [2.05, 4.69) is 10.5 Å². The van der Waals surface area contributed by atoms with Crippen molar-refractivity contribution in [1.82, 2.24) is 5.32 Å². The summed E-state index contributed by atoms with van der Waals surface area (Å²) in [5.41, 5.74) is 1.45. The van der Waals surface area contributed by atoms with E-state index in [0.717, 1.165) is 5.56 Å². The van der Waals surface area contributed by atoms with Crippen LogP contribution in [-0.4, -0.2) is 32.6 Å². The zero-order chi connectivity index (χ0) is 13.0. The molecular formula is C12H14N2O4. The second-order valence-electron chi connectivity index (χ2n) is 3.63. The monoisotopic (exact) mass is 250 g/mol. The molecule has 0 aliphatic carbocycles. The van der Waals surface area contributed by atoms with E-state index >= 15 is 0 Å². The van der Waals surface area contributed by atoms with Gasteiger partial charge in [0.25, 0.3) is 0 Å². The molecular weight excluding hydrogens is 236 g/mol. The Bertz CT molecular complexity index is 485. The summed E-state index contributed by atoms with van der Waals surface area (Å²) in [6.07, 6.45) is -0.0182. The molecule has 1 aromatic rings. The van der Waals surface area contributed by atoms with E-state index < -0.39 is 6.09 Å². The predicted octanol–water partition coefficient (Wildman–Crippen LogP) is 1.54. The molecule has 0 fully saturated rings.